The van der Waals surface area contributed by atoms with Crippen molar-refractivity contribution in [1.29, 1.82) is 0 Å². The summed E-state index contributed by atoms with van der Waals surface area (Å²) in [7, 11) is 0. The van der Waals surface area contributed by atoms with E-state index in [1.54, 1.807) is 11.3 Å². The molecular weight excluding hydrogens is 246 g/mol. The smallest absolute Gasteiger partial charge is 0.186 e. The summed E-state index contributed by atoms with van der Waals surface area (Å²) in [5.74, 6) is 0. The molecule has 1 aliphatic heterocycles. The zero-order valence-electron chi connectivity index (χ0n) is 10.6. The molecule has 1 saturated heterocycles. The number of benzene rings is 1. The van der Waals surface area contributed by atoms with Crippen molar-refractivity contribution in [3.05, 3.63) is 18.2 Å². The SMILES string of the molecule is CC(C)OC1CN(c2nc3cc(N)ccc3s2)C1. The lowest BCUT2D eigenvalue weighted by molar-refractivity contribution is -0.00718. The van der Waals surface area contributed by atoms with Crippen molar-refractivity contribution in [1.82, 2.24) is 4.98 Å². The molecule has 0 aliphatic carbocycles. The summed E-state index contributed by atoms with van der Waals surface area (Å²) in [6, 6.07) is 5.88. The van der Waals surface area contributed by atoms with Gasteiger partial charge in [0, 0.05) is 18.8 Å². The fraction of sp³-hybridized carbons (Fsp3) is 0.462. The standard InChI is InChI=1S/C13H17N3OS/c1-8(2)17-10-6-16(7-10)13-15-11-5-9(14)3-4-12(11)18-13/h3-5,8,10H,6-7,14H2,1-2H3. The second kappa shape index (κ2) is 4.40. The molecule has 1 fully saturated rings. The monoisotopic (exact) mass is 263 g/mol. The Balaban J connectivity index is 1.73. The molecule has 2 aromatic rings. The maximum atomic E-state index is 5.76. The average Bonchev–Trinajstić information content (AvgIpc) is 2.64. The van der Waals surface area contributed by atoms with Crippen LogP contribution in [0.5, 0.6) is 0 Å². The molecule has 4 nitrogen and oxygen atoms in total. The highest BCUT2D eigenvalue weighted by atomic mass is 32.1. The zero-order valence-corrected chi connectivity index (χ0v) is 11.4. The van der Waals surface area contributed by atoms with E-state index in [9.17, 15) is 0 Å². The van der Waals surface area contributed by atoms with Gasteiger partial charge in [-0.25, -0.2) is 4.98 Å². The quantitative estimate of drug-likeness (QED) is 0.864. The Bertz CT molecular complexity index is 560. The predicted octanol–water partition coefficient (Wildman–Crippen LogP) is 2.49. The molecule has 0 saturated carbocycles. The highest BCUT2D eigenvalue weighted by Crippen LogP contribution is 2.32. The van der Waals surface area contributed by atoms with E-state index >= 15 is 0 Å². The molecular formula is C13H17N3OS. The van der Waals surface area contributed by atoms with Crippen LogP contribution in [0.4, 0.5) is 10.8 Å². The van der Waals surface area contributed by atoms with E-state index in [0.717, 1.165) is 29.4 Å². The number of nitrogen functional groups attached to an aromatic ring is 1. The number of thiazole rings is 1. The number of ether oxygens (including phenoxy) is 1. The first-order chi connectivity index (χ1) is 8.61. The van der Waals surface area contributed by atoms with Crippen LogP contribution < -0.4 is 10.6 Å². The van der Waals surface area contributed by atoms with Gasteiger partial charge in [-0.05, 0) is 32.0 Å². The lowest BCUT2D eigenvalue weighted by Gasteiger charge is -2.39. The van der Waals surface area contributed by atoms with Gasteiger partial charge >= 0.3 is 0 Å². The molecule has 0 radical (unpaired) electrons. The molecule has 0 spiro atoms. The van der Waals surface area contributed by atoms with E-state index in [4.69, 9.17) is 10.5 Å². The molecule has 3 rings (SSSR count). The summed E-state index contributed by atoms with van der Waals surface area (Å²) in [5.41, 5.74) is 7.52. The molecule has 18 heavy (non-hydrogen) atoms. The molecule has 0 unspecified atom stereocenters. The molecule has 0 amide bonds. The first-order valence-corrected chi connectivity index (χ1v) is 7.00. The maximum Gasteiger partial charge on any atom is 0.186 e. The van der Waals surface area contributed by atoms with Crippen LogP contribution in [0, 0.1) is 0 Å². The lowest BCUT2D eigenvalue weighted by atomic mass is 10.2. The summed E-state index contributed by atoms with van der Waals surface area (Å²) in [6.45, 7) is 6.02. The van der Waals surface area contributed by atoms with Gasteiger partial charge in [-0.3, -0.25) is 0 Å². The molecule has 1 aromatic heterocycles. The number of hydrogen-bond donors (Lipinski definition) is 1. The number of nitrogens with two attached hydrogens (primary N) is 1. The maximum absolute atomic E-state index is 5.76. The van der Waals surface area contributed by atoms with Gasteiger partial charge in [-0.2, -0.15) is 0 Å². The van der Waals surface area contributed by atoms with Gasteiger partial charge < -0.3 is 15.4 Å². The van der Waals surface area contributed by atoms with E-state index in [1.807, 2.05) is 18.2 Å². The van der Waals surface area contributed by atoms with Crippen molar-refractivity contribution < 1.29 is 4.74 Å². The molecule has 0 atom stereocenters. The third kappa shape index (κ3) is 2.15. The molecule has 2 N–H and O–H groups in total. The van der Waals surface area contributed by atoms with E-state index in [2.05, 4.69) is 23.7 Å². The van der Waals surface area contributed by atoms with E-state index in [0.29, 0.717) is 12.2 Å². The van der Waals surface area contributed by atoms with Crippen LogP contribution in [-0.2, 0) is 4.74 Å². The third-order valence-electron chi connectivity index (χ3n) is 2.98. The Hall–Kier alpha value is -1.33. The van der Waals surface area contributed by atoms with Crippen LogP contribution in [0.15, 0.2) is 18.2 Å². The summed E-state index contributed by atoms with van der Waals surface area (Å²) >= 11 is 1.71. The molecule has 5 heteroatoms. The molecule has 1 aromatic carbocycles. The Labute approximate surface area is 110 Å². The van der Waals surface area contributed by atoms with Crippen molar-refractivity contribution in [3.8, 4) is 0 Å². The minimum absolute atomic E-state index is 0.298. The molecule has 96 valence electrons. The fourth-order valence-corrected chi connectivity index (χ4v) is 3.10. The predicted molar refractivity (Wildman–Crippen MR) is 76.3 cm³/mol. The highest BCUT2D eigenvalue weighted by Gasteiger charge is 2.30. The number of aromatic nitrogens is 1. The van der Waals surface area contributed by atoms with E-state index in [1.165, 1.54) is 4.70 Å². The van der Waals surface area contributed by atoms with Crippen molar-refractivity contribution >= 4 is 32.4 Å². The summed E-state index contributed by atoms with van der Waals surface area (Å²) < 4.78 is 6.93. The van der Waals surface area contributed by atoms with Crippen molar-refractivity contribution in [2.45, 2.75) is 26.1 Å². The molecule has 1 aliphatic rings. The van der Waals surface area contributed by atoms with Crippen LogP contribution in [0.2, 0.25) is 0 Å². The summed E-state index contributed by atoms with van der Waals surface area (Å²) in [4.78, 5) is 6.88. The number of nitrogens with zero attached hydrogens (tertiary/aromatic N) is 2. The minimum atomic E-state index is 0.298. The van der Waals surface area contributed by atoms with Gasteiger partial charge in [0.2, 0.25) is 0 Å². The van der Waals surface area contributed by atoms with Gasteiger partial charge in [0.05, 0.1) is 22.4 Å². The lowest BCUT2D eigenvalue weighted by Crippen LogP contribution is -2.53. The largest absolute Gasteiger partial charge is 0.399 e. The summed E-state index contributed by atoms with van der Waals surface area (Å²) in [5, 5.41) is 1.07. The fourth-order valence-electron chi connectivity index (χ4n) is 2.13. The van der Waals surface area contributed by atoms with Crippen LogP contribution in [0.3, 0.4) is 0 Å². The topological polar surface area (TPSA) is 51.4 Å². The van der Waals surface area contributed by atoms with E-state index in [-0.39, 0.29) is 0 Å². The number of anilines is 2. The van der Waals surface area contributed by atoms with Crippen molar-refractivity contribution in [2.24, 2.45) is 0 Å². The Morgan fingerprint density at radius 1 is 1.44 bits per heavy atom. The van der Waals surface area contributed by atoms with Gasteiger partial charge in [0.25, 0.3) is 0 Å². The van der Waals surface area contributed by atoms with Gasteiger partial charge in [-0.1, -0.05) is 11.3 Å². The minimum Gasteiger partial charge on any atom is -0.399 e. The van der Waals surface area contributed by atoms with E-state index < -0.39 is 0 Å². The average molecular weight is 263 g/mol. The number of hydrogen-bond acceptors (Lipinski definition) is 5. The van der Waals surface area contributed by atoms with Gasteiger partial charge in [0.1, 0.15) is 0 Å². The number of rotatable bonds is 3. The second-order valence-electron chi connectivity index (χ2n) is 4.94. The number of fused-ring (bicyclic) bond motifs is 1. The highest BCUT2D eigenvalue weighted by molar-refractivity contribution is 7.22. The van der Waals surface area contributed by atoms with Crippen LogP contribution in [0.25, 0.3) is 10.2 Å². The zero-order chi connectivity index (χ0) is 12.7. The van der Waals surface area contributed by atoms with Crippen LogP contribution in [-0.4, -0.2) is 30.3 Å². The Morgan fingerprint density at radius 2 is 2.22 bits per heavy atom. The Morgan fingerprint density at radius 3 is 2.94 bits per heavy atom. The second-order valence-corrected chi connectivity index (χ2v) is 5.94. The molecule has 0 bridgehead atoms. The van der Waals surface area contributed by atoms with Crippen molar-refractivity contribution in [2.75, 3.05) is 23.7 Å². The third-order valence-corrected chi connectivity index (χ3v) is 4.08. The molecule has 2 heterocycles. The first kappa shape index (κ1) is 11.7. The van der Waals surface area contributed by atoms with Crippen LogP contribution >= 0.6 is 11.3 Å². The summed E-state index contributed by atoms with van der Waals surface area (Å²) in [6.07, 6.45) is 0.648. The van der Waals surface area contributed by atoms with Gasteiger partial charge in [-0.15, -0.1) is 0 Å². The Kier molecular flexibility index (Phi) is 2.87. The van der Waals surface area contributed by atoms with Crippen LogP contribution in [0.1, 0.15) is 13.8 Å². The van der Waals surface area contributed by atoms with Gasteiger partial charge in [0.15, 0.2) is 5.13 Å². The van der Waals surface area contributed by atoms with Crippen molar-refractivity contribution in [3.63, 3.8) is 0 Å². The normalized spacial score (nSPS) is 16.5. The first-order valence-electron chi connectivity index (χ1n) is 6.18.